The Labute approximate surface area is 365 Å². The van der Waals surface area contributed by atoms with E-state index >= 15 is 0 Å². The summed E-state index contributed by atoms with van der Waals surface area (Å²) in [5, 5.41) is 49.6. The highest BCUT2D eigenvalue weighted by Crippen LogP contribution is 2.24. The molecule has 9 rings (SSSR count). The van der Waals surface area contributed by atoms with Gasteiger partial charge in [0.25, 0.3) is 17.7 Å². The second-order valence-electron chi connectivity index (χ2n) is 13.7. The fourth-order valence-electron chi connectivity index (χ4n) is 5.87. The van der Waals surface area contributed by atoms with Crippen LogP contribution < -0.4 is 20.7 Å². The third-order valence-electron chi connectivity index (χ3n) is 9.19. The molecule has 0 spiro atoms. The maximum Gasteiger partial charge on any atom is 0.255 e. The number of benzene rings is 6. The van der Waals surface area contributed by atoms with Crippen molar-refractivity contribution in [1.82, 2.24) is 61.9 Å². The Balaban J connectivity index is 0.000000144. The number of carbonyl (C=O) groups excluding carboxylic acids is 3. The number of H-pyrrole nitrogens is 3. The lowest BCUT2D eigenvalue weighted by molar-refractivity contribution is 0.101. The predicted molar refractivity (Wildman–Crippen MR) is 238 cm³/mol. The lowest BCUT2D eigenvalue weighted by Gasteiger charge is -2.09. The zero-order valence-corrected chi connectivity index (χ0v) is 34.5. The first-order valence-electron chi connectivity index (χ1n) is 19.4. The van der Waals surface area contributed by atoms with Crippen LogP contribution in [0.15, 0.2) is 146 Å². The zero-order chi connectivity index (χ0) is 44.7. The quantitative estimate of drug-likeness (QED) is 0.0812. The Kier molecular flexibility index (Phi) is 13.9. The number of rotatable bonds is 10. The standard InChI is InChI=1S/C15H13N5O2.2C15H13N5O/c1-22-13-5-3-2-4-12(13)16-15(21)11-8-6-10(7-9-11)14-17-19-20-18-14;1-10-2-8-13(9-3-10)16-15(21)12-6-4-11(5-7-12)14-17-19-20-18-14;1-10-3-2-4-13(9-10)16-15(21)12-7-5-11(6-8-12)14-17-19-20-18-14/h2-9H,1H3,(H,16,21)(H,17,18,19,20);2*2-9H,1H3,(H,16,21)(H,17,18,19,20). The Morgan fingerprint density at radius 3 is 1.31 bits per heavy atom. The molecule has 64 heavy (non-hydrogen) atoms. The summed E-state index contributed by atoms with van der Waals surface area (Å²) in [5.74, 6) is 1.57. The largest absolute Gasteiger partial charge is 0.495 e. The topological polar surface area (TPSA) is 260 Å². The number of amides is 3. The van der Waals surface area contributed by atoms with E-state index in [2.05, 4.69) is 77.8 Å². The van der Waals surface area contributed by atoms with Crippen molar-refractivity contribution in [2.24, 2.45) is 0 Å². The Morgan fingerprint density at radius 2 is 0.891 bits per heavy atom. The molecule has 318 valence electrons. The van der Waals surface area contributed by atoms with E-state index in [1.54, 1.807) is 92.0 Å². The maximum atomic E-state index is 12.3. The molecule has 0 radical (unpaired) electrons. The summed E-state index contributed by atoms with van der Waals surface area (Å²) in [4.78, 5) is 36.6. The van der Waals surface area contributed by atoms with Crippen LogP contribution in [0.25, 0.3) is 34.2 Å². The Bertz CT molecular complexity index is 2890. The van der Waals surface area contributed by atoms with Crippen LogP contribution in [0.4, 0.5) is 17.1 Å². The number of aromatic amines is 3. The molecule has 0 aliphatic rings. The first-order valence-corrected chi connectivity index (χ1v) is 19.4. The molecule has 0 aliphatic heterocycles. The number of hydrogen-bond acceptors (Lipinski definition) is 13. The van der Waals surface area contributed by atoms with Crippen LogP contribution in [0, 0.1) is 13.8 Å². The number of para-hydroxylation sites is 2. The van der Waals surface area contributed by atoms with Gasteiger partial charge in [0.2, 0.25) is 17.5 Å². The first-order chi connectivity index (χ1) is 31.2. The van der Waals surface area contributed by atoms with Crippen molar-refractivity contribution in [2.75, 3.05) is 23.1 Å². The van der Waals surface area contributed by atoms with Crippen LogP contribution in [0.3, 0.4) is 0 Å². The minimum absolute atomic E-state index is 0.153. The summed E-state index contributed by atoms with van der Waals surface area (Å²) in [5.41, 5.74) is 8.48. The molecular weight excluding hydrogens is 815 g/mol. The SMILES string of the molecule is COc1ccccc1NC(=O)c1ccc(-c2nn[nH]n2)cc1.Cc1ccc(NC(=O)c2ccc(-c3nn[nH]n3)cc2)cc1.Cc1cccc(NC(=O)c2ccc(-c3nn[nH]n3)cc2)c1. The molecule has 0 aliphatic carbocycles. The monoisotopic (exact) mass is 853 g/mol. The van der Waals surface area contributed by atoms with Crippen molar-refractivity contribution in [1.29, 1.82) is 0 Å². The van der Waals surface area contributed by atoms with Gasteiger partial charge in [0.15, 0.2) is 0 Å². The molecule has 3 heterocycles. The fourth-order valence-corrected chi connectivity index (χ4v) is 5.87. The van der Waals surface area contributed by atoms with Crippen molar-refractivity contribution in [3.8, 4) is 39.9 Å². The number of aromatic nitrogens is 12. The molecule has 9 aromatic rings. The van der Waals surface area contributed by atoms with Gasteiger partial charge in [0, 0.05) is 44.8 Å². The average Bonchev–Trinajstić information content (AvgIpc) is 4.17. The van der Waals surface area contributed by atoms with Gasteiger partial charge in [-0.15, -0.1) is 30.6 Å². The van der Waals surface area contributed by atoms with Gasteiger partial charge in [0.1, 0.15) is 5.75 Å². The van der Waals surface area contributed by atoms with Gasteiger partial charge in [-0.3, -0.25) is 14.4 Å². The second kappa shape index (κ2) is 20.8. The number of ether oxygens (including phenoxy) is 1. The summed E-state index contributed by atoms with van der Waals surface area (Å²) < 4.78 is 5.21. The third-order valence-corrected chi connectivity index (χ3v) is 9.19. The van der Waals surface area contributed by atoms with Gasteiger partial charge in [-0.2, -0.15) is 15.6 Å². The highest BCUT2D eigenvalue weighted by Gasteiger charge is 2.12. The number of anilines is 3. The maximum absolute atomic E-state index is 12.3. The van der Waals surface area contributed by atoms with Crippen molar-refractivity contribution < 1.29 is 19.1 Å². The first kappa shape index (κ1) is 42.8. The van der Waals surface area contributed by atoms with E-state index in [1.807, 2.05) is 74.5 Å². The molecule has 6 N–H and O–H groups in total. The van der Waals surface area contributed by atoms with Crippen LogP contribution >= 0.6 is 0 Å². The normalized spacial score (nSPS) is 10.3. The lowest BCUT2D eigenvalue weighted by atomic mass is 10.1. The number of tetrazole rings is 3. The number of methoxy groups -OCH3 is 1. The summed E-state index contributed by atoms with van der Waals surface area (Å²) in [7, 11) is 1.56. The molecule has 3 amide bonds. The van der Waals surface area contributed by atoms with Gasteiger partial charge < -0.3 is 20.7 Å². The van der Waals surface area contributed by atoms with E-state index in [1.165, 1.54) is 0 Å². The highest BCUT2D eigenvalue weighted by atomic mass is 16.5. The van der Waals surface area contributed by atoms with Crippen LogP contribution in [-0.2, 0) is 0 Å². The predicted octanol–water partition coefficient (Wildman–Crippen LogP) is 6.98. The van der Waals surface area contributed by atoms with E-state index in [0.717, 1.165) is 39.2 Å². The van der Waals surface area contributed by atoms with Crippen molar-refractivity contribution >= 4 is 34.8 Å². The van der Waals surface area contributed by atoms with Gasteiger partial charge in [-0.1, -0.05) is 78.4 Å². The number of aryl methyl sites for hydroxylation is 2. The Morgan fingerprint density at radius 1 is 0.453 bits per heavy atom. The molecule has 0 fully saturated rings. The molecule has 6 aromatic carbocycles. The van der Waals surface area contributed by atoms with E-state index in [9.17, 15) is 14.4 Å². The fraction of sp³-hybridized carbons (Fsp3) is 0.0667. The number of carbonyl (C=O) groups is 3. The highest BCUT2D eigenvalue weighted by molar-refractivity contribution is 6.06. The van der Waals surface area contributed by atoms with Gasteiger partial charge in [-0.25, -0.2) is 0 Å². The van der Waals surface area contributed by atoms with Crippen molar-refractivity contribution in [2.45, 2.75) is 13.8 Å². The van der Waals surface area contributed by atoms with E-state index in [4.69, 9.17) is 4.74 Å². The van der Waals surface area contributed by atoms with Crippen molar-refractivity contribution in [3.05, 3.63) is 173 Å². The molecule has 0 unspecified atom stereocenters. The Hall–Kier alpha value is -9.26. The van der Waals surface area contributed by atoms with Crippen LogP contribution in [0.1, 0.15) is 42.2 Å². The lowest BCUT2D eigenvalue weighted by Crippen LogP contribution is -2.12. The summed E-state index contributed by atoms with van der Waals surface area (Å²) in [6.45, 7) is 3.98. The van der Waals surface area contributed by atoms with Gasteiger partial charge in [-0.05, 0) is 108 Å². The molecule has 0 atom stereocenters. The van der Waals surface area contributed by atoms with E-state index in [-0.39, 0.29) is 17.7 Å². The molecule has 19 nitrogen and oxygen atoms in total. The molecule has 0 saturated carbocycles. The summed E-state index contributed by atoms with van der Waals surface area (Å²) in [6, 6.07) is 43.6. The second-order valence-corrected chi connectivity index (χ2v) is 13.7. The summed E-state index contributed by atoms with van der Waals surface area (Å²) in [6.07, 6.45) is 0. The third kappa shape index (κ3) is 11.5. The van der Waals surface area contributed by atoms with Gasteiger partial charge in [0.05, 0.1) is 12.8 Å². The average molecular weight is 854 g/mol. The van der Waals surface area contributed by atoms with Crippen LogP contribution in [0.5, 0.6) is 5.75 Å². The van der Waals surface area contributed by atoms with Gasteiger partial charge >= 0.3 is 0 Å². The minimum atomic E-state index is -0.218. The van der Waals surface area contributed by atoms with Crippen LogP contribution in [0.2, 0.25) is 0 Å². The van der Waals surface area contributed by atoms with Crippen molar-refractivity contribution in [3.63, 3.8) is 0 Å². The molecular formula is C45H39N15O4. The molecule has 0 bridgehead atoms. The zero-order valence-electron chi connectivity index (χ0n) is 34.5. The van der Waals surface area contributed by atoms with Crippen LogP contribution in [-0.4, -0.2) is 86.7 Å². The van der Waals surface area contributed by atoms with E-state index < -0.39 is 0 Å². The molecule has 19 heteroatoms. The van der Waals surface area contributed by atoms with E-state index in [0.29, 0.717) is 45.6 Å². The summed E-state index contributed by atoms with van der Waals surface area (Å²) >= 11 is 0. The number of nitrogens with one attached hydrogen (secondary N) is 6. The minimum Gasteiger partial charge on any atom is -0.495 e. The molecule has 3 aromatic heterocycles. The smallest absolute Gasteiger partial charge is 0.255 e. The number of hydrogen-bond donors (Lipinski definition) is 6. The number of nitrogens with zero attached hydrogens (tertiary/aromatic N) is 9. The molecule has 0 saturated heterocycles.